The van der Waals surface area contributed by atoms with Crippen LogP contribution in [0.25, 0.3) is 5.69 Å². The van der Waals surface area contributed by atoms with Gasteiger partial charge in [-0.1, -0.05) is 16.8 Å². The molecular formula is C16H12ClFN6O2S. The van der Waals surface area contributed by atoms with Crippen molar-refractivity contribution in [2.24, 2.45) is 5.16 Å². The van der Waals surface area contributed by atoms with Crippen molar-refractivity contribution in [2.45, 2.75) is 19.4 Å². The van der Waals surface area contributed by atoms with Crippen molar-refractivity contribution >= 4 is 40.2 Å². The monoisotopic (exact) mass is 406 g/mol. The number of aromatic nitrogens is 4. The number of benzene rings is 1. The number of aryl methyl sites for hydroxylation is 1. The summed E-state index contributed by atoms with van der Waals surface area (Å²) in [5, 5.41) is 17.6. The van der Waals surface area contributed by atoms with Gasteiger partial charge in [-0.2, -0.15) is 4.68 Å². The lowest BCUT2D eigenvalue weighted by Crippen LogP contribution is -2.28. The van der Waals surface area contributed by atoms with E-state index < -0.39 is 17.8 Å². The summed E-state index contributed by atoms with van der Waals surface area (Å²) < 4.78 is 16.2. The first-order valence-electron chi connectivity index (χ1n) is 7.85. The normalized spacial score (nSPS) is 16.1. The fourth-order valence-corrected chi connectivity index (χ4v) is 3.59. The van der Waals surface area contributed by atoms with Crippen molar-refractivity contribution in [1.29, 1.82) is 0 Å². The van der Waals surface area contributed by atoms with E-state index in [1.807, 2.05) is 6.07 Å². The van der Waals surface area contributed by atoms with Crippen LogP contribution >= 0.6 is 22.9 Å². The minimum absolute atomic E-state index is 0.00335. The SMILES string of the molecule is Cc1nnnn1-c1ccc(F)c(NC(=O)C2CC(c3ccc(Cl)s3)=NO2)c1. The Morgan fingerprint density at radius 1 is 1.41 bits per heavy atom. The van der Waals surface area contributed by atoms with Gasteiger partial charge >= 0.3 is 0 Å². The number of thiophene rings is 1. The van der Waals surface area contributed by atoms with E-state index in [4.69, 9.17) is 16.4 Å². The van der Waals surface area contributed by atoms with E-state index in [0.29, 0.717) is 21.6 Å². The van der Waals surface area contributed by atoms with Gasteiger partial charge in [0.15, 0.2) is 5.82 Å². The standard InChI is InChI=1S/C16H12ClFN6O2S/c1-8-20-22-23-24(8)9-2-3-10(18)11(6-9)19-16(25)13-7-12(21-26-13)14-4-5-15(17)27-14/h2-6,13H,7H2,1H3,(H,19,25). The molecule has 3 heterocycles. The number of nitrogens with zero attached hydrogens (tertiary/aromatic N) is 5. The predicted octanol–water partition coefficient (Wildman–Crippen LogP) is 2.96. The van der Waals surface area contributed by atoms with Crippen molar-refractivity contribution in [3.63, 3.8) is 0 Å². The molecular weight excluding hydrogens is 395 g/mol. The third-order valence-electron chi connectivity index (χ3n) is 3.90. The zero-order chi connectivity index (χ0) is 19.0. The minimum atomic E-state index is -0.848. The first-order valence-corrected chi connectivity index (χ1v) is 9.05. The van der Waals surface area contributed by atoms with Crippen LogP contribution in [0.5, 0.6) is 0 Å². The summed E-state index contributed by atoms with van der Waals surface area (Å²) in [6, 6.07) is 7.76. The summed E-state index contributed by atoms with van der Waals surface area (Å²) in [7, 11) is 0. The van der Waals surface area contributed by atoms with E-state index in [2.05, 4.69) is 26.0 Å². The highest BCUT2D eigenvalue weighted by Gasteiger charge is 2.30. The van der Waals surface area contributed by atoms with Crippen LogP contribution in [0.15, 0.2) is 35.5 Å². The number of amides is 1. The number of tetrazole rings is 1. The fraction of sp³-hybridized carbons (Fsp3) is 0.188. The van der Waals surface area contributed by atoms with Gasteiger partial charge in [-0.15, -0.1) is 16.4 Å². The van der Waals surface area contributed by atoms with Gasteiger partial charge in [0.2, 0.25) is 6.10 Å². The molecule has 0 aliphatic carbocycles. The Bertz CT molecular complexity index is 1050. The minimum Gasteiger partial charge on any atom is -0.382 e. The van der Waals surface area contributed by atoms with Gasteiger partial charge in [-0.25, -0.2) is 4.39 Å². The summed E-state index contributed by atoms with van der Waals surface area (Å²) in [6.07, 6.45) is -0.575. The average molecular weight is 407 g/mol. The third kappa shape index (κ3) is 3.53. The smallest absolute Gasteiger partial charge is 0.268 e. The zero-order valence-electron chi connectivity index (χ0n) is 13.9. The third-order valence-corrected chi connectivity index (χ3v) is 5.18. The zero-order valence-corrected chi connectivity index (χ0v) is 15.5. The van der Waals surface area contributed by atoms with Crippen LogP contribution in [-0.2, 0) is 9.63 Å². The second-order valence-corrected chi connectivity index (χ2v) is 7.45. The van der Waals surface area contributed by atoms with E-state index in [9.17, 15) is 9.18 Å². The quantitative estimate of drug-likeness (QED) is 0.718. The van der Waals surface area contributed by atoms with Crippen LogP contribution in [0, 0.1) is 12.7 Å². The molecule has 3 aromatic rings. The van der Waals surface area contributed by atoms with Gasteiger partial charge in [0.25, 0.3) is 5.91 Å². The van der Waals surface area contributed by atoms with Crippen molar-refractivity contribution in [1.82, 2.24) is 20.2 Å². The average Bonchev–Trinajstić information content (AvgIpc) is 3.37. The Hall–Kier alpha value is -2.85. The van der Waals surface area contributed by atoms with Crippen LogP contribution < -0.4 is 5.32 Å². The Balaban J connectivity index is 1.48. The summed E-state index contributed by atoms with van der Waals surface area (Å²) in [6.45, 7) is 1.71. The molecule has 138 valence electrons. The second kappa shape index (κ2) is 7.05. The largest absolute Gasteiger partial charge is 0.382 e. The highest BCUT2D eigenvalue weighted by molar-refractivity contribution is 7.18. The molecule has 1 amide bonds. The molecule has 1 unspecified atom stereocenters. The highest BCUT2D eigenvalue weighted by Crippen LogP contribution is 2.27. The maximum absolute atomic E-state index is 14.1. The number of carbonyl (C=O) groups excluding carboxylic acids is 1. The van der Waals surface area contributed by atoms with Gasteiger partial charge in [-0.05, 0) is 47.7 Å². The molecule has 0 spiro atoms. The predicted molar refractivity (Wildman–Crippen MR) is 97.8 cm³/mol. The molecule has 1 atom stereocenters. The molecule has 8 nitrogen and oxygen atoms in total. The Morgan fingerprint density at radius 2 is 2.26 bits per heavy atom. The van der Waals surface area contributed by atoms with E-state index >= 15 is 0 Å². The van der Waals surface area contributed by atoms with E-state index in [1.54, 1.807) is 13.0 Å². The molecule has 1 aliphatic rings. The number of nitrogens with one attached hydrogen (secondary N) is 1. The van der Waals surface area contributed by atoms with E-state index in [1.165, 1.54) is 34.2 Å². The van der Waals surface area contributed by atoms with E-state index in [0.717, 1.165) is 4.88 Å². The van der Waals surface area contributed by atoms with Gasteiger partial charge in [0, 0.05) is 6.42 Å². The van der Waals surface area contributed by atoms with E-state index in [-0.39, 0.29) is 12.1 Å². The molecule has 2 aromatic heterocycles. The van der Waals surface area contributed by atoms with Gasteiger partial charge < -0.3 is 10.2 Å². The summed E-state index contributed by atoms with van der Waals surface area (Å²) in [5.74, 6) is -0.548. The summed E-state index contributed by atoms with van der Waals surface area (Å²) >= 11 is 7.26. The van der Waals surface area contributed by atoms with Crippen molar-refractivity contribution in [2.75, 3.05) is 5.32 Å². The van der Waals surface area contributed by atoms with Crippen LogP contribution in [0.3, 0.4) is 0 Å². The van der Waals surface area contributed by atoms with Crippen LogP contribution in [0.4, 0.5) is 10.1 Å². The van der Waals surface area contributed by atoms with Crippen LogP contribution in [0.2, 0.25) is 4.34 Å². The Labute approximate surface area is 161 Å². The number of rotatable bonds is 4. The maximum atomic E-state index is 14.1. The molecule has 0 saturated carbocycles. The molecule has 0 fully saturated rings. The molecule has 1 aliphatic heterocycles. The maximum Gasteiger partial charge on any atom is 0.268 e. The number of oxime groups is 1. The molecule has 27 heavy (non-hydrogen) atoms. The molecule has 0 bridgehead atoms. The van der Waals surface area contributed by atoms with Crippen molar-refractivity contribution < 1.29 is 14.0 Å². The highest BCUT2D eigenvalue weighted by atomic mass is 35.5. The lowest BCUT2D eigenvalue weighted by atomic mass is 10.1. The lowest BCUT2D eigenvalue weighted by molar-refractivity contribution is -0.125. The summed E-state index contributed by atoms with van der Waals surface area (Å²) in [5.41, 5.74) is 1.15. The number of carbonyl (C=O) groups is 1. The number of hydrogen-bond acceptors (Lipinski definition) is 7. The topological polar surface area (TPSA) is 94.3 Å². The van der Waals surface area contributed by atoms with Gasteiger partial charge in [0.05, 0.1) is 20.6 Å². The first-order chi connectivity index (χ1) is 13.0. The Kier molecular flexibility index (Phi) is 4.58. The van der Waals surface area contributed by atoms with Gasteiger partial charge in [-0.3, -0.25) is 4.79 Å². The first kappa shape index (κ1) is 17.6. The van der Waals surface area contributed by atoms with Crippen LogP contribution in [0.1, 0.15) is 17.1 Å². The lowest BCUT2D eigenvalue weighted by Gasteiger charge is -2.11. The molecule has 4 rings (SSSR count). The van der Waals surface area contributed by atoms with Crippen LogP contribution in [-0.4, -0.2) is 37.9 Å². The molecule has 0 radical (unpaired) electrons. The number of halogens is 2. The fourth-order valence-electron chi connectivity index (χ4n) is 2.56. The number of hydrogen-bond donors (Lipinski definition) is 1. The molecule has 1 aromatic carbocycles. The van der Waals surface area contributed by atoms with Gasteiger partial charge in [0.1, 0.15) is 11.5 Å². The molecule has 0 saturated heterocycles. The molecule has 11 heteroatoms. The van der Waals surface area contributed by atoms with Crippen molar-refractivity contribution in [3.05, 3.63) is 51.2 Å². The molecule has 1 N–H and O–H groups in total. The number of anilines is 1. The Morgan fingerprint density at radius 3 is 2.96 bits per heavy atom. The summed E-state index contributed by atoms with van der Waals surface area (Å²) in [4.78, 5) is 18.5. The van der Waals surface area contributed by atoms with Crippen molar-refractivity contribution in [3.8, 4) is 5.69 Å². The second-order valence-electron chi connectivity index (χ2n) is 5.73.